The third-order valence-corrected chi connectivity index (χ3v) is 6.54. The Hall–Kier alpha value is -3.52. The molecule has 3 aromatic carbocycles. The molecule has 0 saturated heterocycles. The van der Waals surface area contributed by atoms with Gasteiger partial charge >= 0.3 is 0 Å². The van der Waals surface area contributed by atoms with E-state index < -0.39 is 16.1 Å². The van der Waals surface area contributed by atoms with Crippen LogP contribution in [0.5, 0.6) is 11.5 Å². The summed E-state index contributed by atoms with van der Waals surface area (Å²) in [6, 6.07) is 19.0. The fraction of sp³-hybridized carbons (Fsp3) is 0.174. The maximum absolute atomic E-state index is 13.0. The molecular weight excluding hydrogens is 416 g/mol. The van der Waals surface area contributed by atoms with Crippen molar-refractivity contribution < 1.29 is 22.7 Å². The summed E-state index contributed by atoms with van der Waals surface area (Å²) >= 11 is 0. The number of sulfonamides is 1. The Labute approximate surface area is 181 Å². The minimum absolute atomic E-state index is 0.0619. The van der Waals surface area contributed by atoms with E-state index in [4.69, 9.17) is 9.47 Å². The van der Waals surface area contributed by atoms with E-state index in [1.807, 2.05) is 24.3 Å². The number of amides is 1. The molecule has 31 heavy (non-hydrogen) atoms. The first-order valence-electron chi connectivity index (χ1n) is 9.69. The van der Waals surface area contributed by atoms with Crippen molar-refractivity contribution in [2.45, 2.75) is 24.3 Å². The van der Waals surface area contributed by atoms with Gasteiger partial charge in [0.15, 0.2) is 6.10 Å². The number of methoxy groups -OCH3 is 1. The molecule has 4 rings (SSSR count). The van der Waals surface area contributed by atoms with E-state index >= 15 is 0 Å². The number of aryl methyl sites for hydroxylation is 1. The number of benzene rings is 3. The number of ether oxygens (including phenoxy) is 2. The van der Waals surface area contributed by atoms with Crippen LogP contribution in [0.15, 0.2) is 71.6 Å². The Balaban J connectivity index is 1.54. The van der Waals surface area contributed by atoms with E-state index in [9.17, 15) is 13.2 Å². The summed E-state index contributed by atoms with van der Waals surface area (Å²) in [6.07, 6.45) is -0.195. The Kier molecular flexibility index (Phi) is 5.56. The van der Waals surface area contributed by atoms with Gasteiger partial charge in [-0.15, -0.1) is 0 Å². The molecule has 8 heteroatoms. The number of para-hydroxylation sites is 3. The Bertz CT molecular complexity index is 1220. The molecule has 0 spiro atoms. The first kappa shape index (κ1) is 20.7. The first-order chi connectivity index (χ1) is 14.9. The van der Waals surface area contributed by atoms with Gasteiger partial charge in [0.05, 0.1) is 17.7 Å². The second-order valence-corrected chi connectivity index (χ2v) is 8.84. The van der Waals surface area contributed by atoms with Crippen molar-refractivity contribution in [3.63, 3.8) is 0 Å². The molecule has 1 aliphatic heterocycles. The highest BCUT2D eigenvalue weighted by molar-refractivity contribution is 7.92. The number of rotatable bonds is 6. The Morgan fingerprint density at radius 2 is 1.81 bits per heavy atom. The van der Waals surface area contributed by atoms with Crippen LogP contribution in [0.25, 0.3) is 0 Å². The quantitative estimate of drug-likeness (QED) is 0.611. The number of nitrogens with one attached hydrogen (secondary N) is 2. The maximum Gasteiger partial charge on any atom is 0.265 e. The van der Waals surface area contributed by atoms with Gasteiger partial charge in [0, 0.05) is 12.1 Å². The van der Waals surface area contributed by atoms with Crippen LogP contribution in [-0.4, -0.2) is 27.5 Å². The maximum atomic E-state index is 13.0. The van der Waals surface area contributed by atoms with Crippen molar-refractivity contribution in [3.8, 4) is 11.5 Å². The van der Waals surface area contributed by atoms with Crippen LogP contribution in [0.1, 0.15) is 11.1 Å². The lowest BCUT2D eigenvalue weighted by Crippen LogP contribution is -2.31. The molecule has 0 aliphatic carbocycles. The van der Waals surface area contributed by atoms with Crippen LogP contribution in [0, 0.1) is 6.92 Å². The minimum Gasteiger partial charge on any atom is -0.495 e. The highest BCUT2D eigenvalue weighted by atomic mass is 32.2. The number of carbonyl (C=O) groups excluding carboxylic acids is 1. The molecule has 1 amide bonds. The number of carbonyl (C=O) groups is 1. The zero-order chi connectivity index (χ0) is 22.0. The van der Waals surface area contributed by atoms with Crippen molar-refractivity contribution in [2.75, 3.05) is 17.1 Å². The average Bonchev–Trinajstić information content (AvgIpc) is 3.19. The third-order valence-electron chi connectivity index (χ3n) is 5.04. The lowest BCUT2D eigenvalue weighted by molar-refractivity contribution is -0.122. The fourth-order valence-corrected chi connectivity index (χ4v) is 4.79. The second-order valence-electron chi connectivity index (χ2n) is 7.19. The van der Waals surface area contributed by atoms with Gasteiger partial charge in [-0.25, -0.2) is 8.42 Å². The van der Waals surface area contributed by atoms with Crippen LogP contribution in [-0.2, 0) is 21.2 Å². The Morgan fingerprint density at radius 3 is 2.58 bits per heavy atom. The number of anilines is 2. The summed E-state index contributed by atoms with van der Waals surface area (Å²) in [5.74, 6) is 0.767. The standard InChI is InChI=1S/C23H22N2O5S/c1-15-11-12-17(24-23(26)21-13-16-7-3-5-9-19(16)30-21)14-22(15)31(27,28)25-18-8-4-6-10-20(18)29-2/h3-12,14,21,25H,13H2,1-2H3,(H,24,26)/t21-/m1/s1. The number of hydrogen-bond donors (Lipinski definition) is 2. The lowest BCUT2D eigenvalue weighted by atomic mass is 10.1. The van der Waals surface area contributed by atoms with Gasteiger partial charge in [-0.3, -0.25) is 9.52 Å². The van der Waals surface area contributed by atoms with Crippen LogP contribution >= 0.6 is 0 Å². The minimum atomic E-state index is -3.91. The van der Waals surface area contributed by atoms with E-state index in [1.54, 1.807) is 43.3 Å². The summed E-state index contributed by atoms with van der Waals surface area (Å²) < 4.78 is 39.5. The summed E-state index contributed by atoms with van der Waals surface area (Å²) in [5.41, 5.74) is 2.22. The normalized spacial score (nSPS) is 15.0. The molecule has 1 aliphatic rings. The molecule has 7 nitrogen and oxygen atoms in total. The highest BCUT2D eigenvalue weighted by Gasteiger charge is 2.29. The second kappa shape index (κ2) is 8.31. The van der Waals surface area contributed by atoms with Crippen molar-refractivity contribution in [2.24, 2.45) is 0 Å². The zero-order valence-electron chi connectivity index (χ0n) is 17.1. The number of hydrogen-bond acceptors (Lipinski definition) is 5. The molecular formula is C23H22N2O5S. The van der Waals surface area contributed by atoms with Crippen LogP contribution in [0.2, 0.25) is 0 Å². The van der Waals surface area contributed by atoms with E-state index in [-0.39, 0.29) is 10.8 Å². The largest absolute Gasteiger partial charge is 0.495 e. The van der Waals surface area contributed by atoms with E-state index in [0.29, 0.717) is 34.9 Å². The molecule has 160 valence electrons. The van der Waals surface area contributed by atoms with Gasteiger partial charge in [0.25, 0.3) is 15.9 Å². The zero-order valence-corrected chi connectivity index (χ0v) is 17.9. The first-order valence-corrected chi connectivity index (χ1v) is 11.2. The fourth-order valence-electron chi connectivity index (χ4n) is 3.45. The third kappa shape index (κ3) is 4.34. The number of fused-ring (bicyclic) bond motifs is 1. The summed E-state index contributed by atoms with van der Waals surface area (Å²) in [4.78, 5) is 12.7. The SMILES string of the molecule is COc1ccccc1NS(=O)(=O)c1cc(NC(=O)[C@H]2Cc3ccccc3O2)ccc1C. The lowest BCUT2D eigenvalue weighted by Gasteiger charge is -2.15. The van der Waals surface area contributed by atoms with Gasteiger partial charge in [-0.05, 0) is 48.4 Å². The molecule has 1 heterocycles. The molecule has 0 fully saturated rings. The van der Waals surface area contributed by atoms with Gasteiger partial charge in [-0.1, -0.05) is 36.4 Å². The Morgan fingerprint density at radius 1 is 1.06 bits per heavy atom. The molecule has 0 bridgehead atoms. The van der Waals surface area contributed by atoms with Crippen LogP contribution in [0.4, 0.5) is 11.4 Å². The van der Waals surface area contributed by atoms with Gasteiger partial charge in [0.2, 0.25) is 0 Å². The summed E-state index contributed by atoms with van der Waals surface area (Å²) in [6.45, 7) is 1.69. The average molecular weight is 439 g/mol. The molecule has 0 radical (unpaired) electrons. The van der Waals surface area contributed by atoms with Crippen molar-refractivity contribution >= 4 is 27.3 Å². The molecule has 1 atom stereocenters. The van der Waals surface area contributed by atoms with E-state index in [1.165, 1.54) is 13.2 Å². The monoisotopic (exact) mass is 438 g/mol. The van der Waals surface area contributed by atoms with Crippen LogP contribution < -0.4 is 19.5 Å². The van der Waals surface area contributed by atoms with Crippen LogP contribution in [0.3, 0.4) is 0 Å². The molecule has 2 N–H and O–H groups in total. The molecule has 3 aromatic rings. The van der Waals surface area contributed by atoms with E-state index in [2.05, 4.69) is 10.0 Å². The molecule has 0 aromatic heterocycles. The summed E-state index contributed by atoms with van der Waals surface area (Å²) in [5, 5.41) is 2.76. The molecule has 0 unspecified atom stereocenters. The topological polar surface area (TPSA) is 93.7 Å². The smallest absolute Gasteiger partial charge is 0.265 e. The predicted octanol–water partition coefficient (Wildman–Crippen LogP) is 3.75. The highest BCUT2D eigenvalue weighted by Crippen LogP contribution is 2.30. The summed E-state index contributed by atoms with van der Waals surface area (Å²) in [7, 11) is -2.44. The van der Waals surface area contributed by atoms with Gasteiger partial charge in [-0.2, -0.15) is 0 Å². The van der Waals surface area contributed by atoms with Crippen molar-refractivity contribution in [1.29, 1.82) is 0 Å². The predicted molar refractivity (Wildman–Crippen MR) is 118 cm³/mol. The van der Waals surface area contributed by atoms with Gasteiger partial charge < -0.3 is 14.8 Å². The van der Waals surface area contributed by atoms with E-state index in [0.717, 1.165) is 5.56 Å². The van der Waals surface area contributed by atoms with Crippen molar-refractivity contribution in [1.82, 2.24) is 0 Å². The molecule has 0 saturated carbocycles. The van der Waals surface area contributed by atoms with Crippen molar-refractivity contribution in [3.05, 3.63) is 77.9 Å². The van der Waals surface area contributed by atoms with Gasteiger partial charge in [0.1, 0.15) is 11.5 Å².